The Morgan fingerprint density at radius 2 is 1.44 bits per heavy atom. The number of hydrogen-bond donors (Lipinski definition) is 0. The van der Waals surface area contributed by atoms with Crippen LogP contribution in [0.2, 0.25) is 36.3 Å². The lowest BCUT2D eigenvalue weighted by atomic mass is 9.66. The quantitative estimate of drug-likeness (QED) is 0.322. The van der Waals surface area contributed by atoms with Crippen molar-refractivity contribution >= 4 is 16.6 Å². The number of hydrogen-bond acceptors (Lipinski definition) is 4. The monoisotopic (exact) mass is 510 g/mol. The second-order valence-electron chi connectivity index (χ2n) is 14.6. The van der Waals surface area contributed by atoms with Crippen molar-refractivity contribution in [1.82, 2.24) is 0 Å². The highest BCUT2D eigenvalue weighted by Gasteiger charge is 2.54. The first-order valence-corrected chi connectivity index (χ1v) is 19.5. The molecule has 2 aliphatic carbocycles. The molecule has 0 aromatic carbocycles. The average Bonchev–Trinajstić information content (AvgIpc) is 3.23. The molecule has 198 valence electrons. The molecule has 1 saturated carbocycles. The summed E-state index contributed by atoms with van der Waals surface area (Å²) in [6.07, 6.45) is 6.79. The van der Waals surface area contributed by atoms with Crippen LogP contribution in [0.4, 0.5) is 0 Å². The van der Waals surface area contributed by atoms with E-state index >= 15 is 0 Å². The van der Waals surface area contributed by atoms with E-state index in [0.29, 0.717) is 25.2 Å². The molecule has 0 aromatic heterocycles. The first-order chi connectivity index (χ1) is 15.3. The smallest absolute Gasteiger partial charge is 0.250 e. The number of allylic oxidation sites excluding steroid dienone is 2. The Kier molecular flexibility index (Phi) is 7.78. The molecule has 0 bridgehead atoms. The fourth-order valence-electron chi connectivity index (χ4n) is 5.53. The fourth-order valence-corrected chi connectivity index (χ4v) is 8.13. The van der Waals surface area contributed by atoms with E-state index in [1.807, 2.05) is 0 Å². The molecule has 0 N–H and O–H groups in total. The molecule has 3 aliphatic rings. The van der Waals surface area contributed by atoms with Gasteiger partial charge in [-0.05, 0) is 85.8 Å². The highest BCUT2D eigenvalue weighted by molar-refractivity contribution is 6.74. The summed E-state index contributed by atoms with van der Waals surface area (Å²) < 4.78 is 26.1. The van der Waals surface area contributed by atoms with Crippen molar-refractivity contribution in [3.8, 4) is 0 Å². The first kappa shape index (κ1) is 28.4. The van der Waals surface area contributed by atoms with Crippen molar-refractivity contribution in [1.29, 1.82) is 0 Å². The molecule has 0 spiro atoms. The summed E-state index contributed by atoms with van der Waals surface area (Å²) in [5.74, 6) is 1.36. The van der Waals surface area contributed by atoms with Crippen molar-refractivity contribution in [3.05, 3.63) is 11.3 Å². The van der Waals surface area contributed by atoms with Gasteiger partial charge in [0.05, 0.1) is 25.1 Å². The van der Waals surface area contributed by atoms with Gasteiger partial charge >= 0.3 is 0 Å². The van der Waals surface area contributed by atoms with Crippen molar-refractivity contribution in [2.45, 2.75) is 142 Å². The molecule has 2 fully saturated rings. The Bertz CT molecular complexity index is 768. The minimum absolute atomic E-state index is 0.184. The Balaban J connectivity index is 1.91. The van der Waals surface area contributed by atoms with Crippen LogP contribution in [0.25, 0.3) is 0 Å². The third-order valence-corrected chi connectivity index (χ3v) is 18.9. The third-order valence-electron chi connectivity index (χ3n) is 10.1. The summed E-state index contributed by atoms with van der Waals surface area (Å²) in [4.78, 5) is 0. The summed E-state index contributed by atoms with van der Waals surface area (Å²) in [5.41, 5.74) is 1.73. The molecule has 3 atom stereocenters. The van der Waals surface area contributed by atoms with E-state index in [2.05, 4.69) is 81.6 Å². The standard InChI is InChI=1S/C28H54O4Si2/c1-25(2,3)33(9,10)31-23-16-17-27(7)22(21(23)15-18-28(8)29-19-20-30-28)13-14-24(27)32-34(11,12)26(4,5)6/h22,24H,13-20H2,1-12H3/t22-,24-,27-/m0/s1. The zero-order valence-electron chi connectivity index (χ0n) is 24.4. The SMILES string of the molecule is CC1(CCC2=C(O[Si](C)(C)C(C)(C)C)CC[C@]3(C)[C@@H](O[Si](C)(C)C(C)(C)C)CC[C@@H]23)OCCO1. The van der Waals surface area contributed by atoms with Crippen molar-refractivity contribution in [2.75, 3.05) is 13.2 Å². The van der Waals surface area contributed by atoms with Gasteiger partial charge in [-0.25, -0.2) is 0 Å². The molecule has 0 radical (unpaired) electrons. The summed E-state index contributed by atoms with van der Waals surface area (Å²) in [6.45, 7) is 29.7. The highest BCUT2D eigenvalue weighted by Crippen LogP contribution is 2.58. The molecule has 6 heteroatoms. The van der Waals surface area contributed by atoms with E-state index in [9.17, 15) is 0 Å². The molecule has 3 rings (SSSR count). The van der Waals surface area contributed by atoms with Gasteiger partial charge < -0.3 is 18.3 Å². The van der Waals surface area contributed by atoms with Crippen LogP contribution >= 0.6 is 0 Å². The van der Waals surface area contributed by atoms with Crippen LogP contribution < -0.4 is 0 Å². The van der Waals surface area contributed by atoms with Gasteiger partial charge in [0.15, 0.2) is 14.1 Å². The zero-order valence-corrected chi connectivity index (χ0v) is 26.4. The Labute approximate surface area is 212 Å². The Hall–Kier alpha value is -0.146. The lowest BCUT2D eigenvalue weighted by Gasteiger charge is -2.48. The molecular weight excluding hydrogens is 456 g/mol. The number of fused-ring (bicyclic) bond motifs is 1. The van der Waals surface area contributed by atoms with E-state index < -0.39 is 22.4 Å². The topological polar surface area (TPSA) is 36.9 Å². The van der Waals surface area contributed by atoms with E-state index in [4.69, 9.17) is 18.3 Å². The van der Waals surface area contributed by atoms with Gasteiger partial charge in [0.25, 0.3) is 0 Å². The first-order valence-electron chi connectivity index (χ1n) is 13.7. The maximum absolute atomic E-state index is 7.11. The molecule has 0 unspecified atom stereocenters. The molecule has 0 amide bonds. The van der Waals surface area contributed by atoms with E-state index in [-0.39, 0.29) is 15.5 Å². The van der Waals surface area contributed by atoms with Crippen LogP contribution in [-0.2, 0) is 18.3 Å². The number of rotatable bonds is 7. The summed E-state index contributed by atoms with van der Waals surface area (Å²) in [6, 6.07) is 0. The Morgan fingerprint density at radius 1 is 0.882 bits per heavy atom. The molecule has 0 aromatic rings. The molecule has 1 aliphatic heterocycles. The lowest BCUT2D eigenvalue weighted by molar-refractivity contribution is -0.146. The third kappa shape index (κ3) is 5.56. The van der Waals surface area contributed by atoms with Crippen LogP contribution in [0.15, 0.2) is 11.3 Å². The van der Waals surface area contributed by atoms with Gasteiger partial charge in [0.1, 0.15) is 0 Å². The average molecular weight is 511 g/mol. The normalized spacial score (nSPS) is 30.6. The minimum atomic E-state index is -1.91. The van der Waals surface area contributed by atoms with E-state index in [1.54, 1.807) is 5.57 Å². The molecule has 34 heavy (non-hydrogen) atoms. The summed E-state index contributed by atoms with van der Waals surface area (Å²) in [5, 5.41) is 0.427. The van der Waals surface area contributed by atoms with Gasteiger partial charge in [-0.15, -0.1) is 0 Å². The van der Waals surface area contributed by atoms with Crippen LogP contribution in [0.3, 0.4) is 0 Å². The number of ether oxygens (including phenoxy) is 2. The summed E-state index contributed by atoms with van der Waals surface area (Å²) in [7, 11) is -3.73. The van der Waals surface area contributed by atoms with Crippen LogP contribution in [0.1, 0.15) is 93.9 Å². The Morgan fingerprint density at radius 3 is 1.97 bits per heavy atom. The van der Waals surface area contributed by atoms with Crippen LogP contribution in [0.5, 0.6) is 0 Å². The van der Waals surface area contributed by atoms with Gasteiger partial charge in [0, 0.05) is 12.8 Å². The maximum atomic E-state index is 7.11. The summed E-state index contributed by atoms with van der Waals surface area (Å²) >= 11 is 0. The second-order valence-corrected chi connectivity index (χ2v) is 24.1. The second kappa shape index (κ2) is 9.31. The van der Waals surface area contributed by atoms with Crippen LogP contribution in [0, 0.1) is 11.3 Å². The minimum Gasteiger partial charge on any atom is -0.547 e. The van der Waals surface area contributed by atoms with Crippen molar-refractivity contribution < 1.29 is 18.3 Å². The molecule has 1 heterocycles. The predicted octanol–water partition coefficient (Wildman–Crippen LogP) is 8.41. The zero-order chi connectivity index (χ0) is 25.8. The van der Waals surface area contributed by atoms with Crippen molar-refractivity contribution in [2.24, 2.45) is 11.3 Å². The lowest BCUT2D eigenvalue weighted by Crippen LogP contribution is -2.49. The predicted molar refractivity (Wildman–Crippen MR) is 147 cm³/mol. The van der Waals surface area contributed by atoms with Gasteiger partial charge in [-0.2, -0.15) is 0 Å². The van der Waals surface area contributed by atoms with Gasteiger partial charge in [-0.3, -0.25) is 0 Å². The molecular formula is C28H54O4Si2. The van der Waals surface area contributed by atoms with Gasteiger partial charge in [0.2, 0.25) is 8.32 Å². The molecule has 1 saturated heterocycles. The fraction of sp³-hybridized carbons (Fsp3) is 0.929. The van der Waals surface area contributed by atoms with E-state index in [1.165, 1.54) is 12.2 Å². The maximum Gasteiger partial charge on any atom is 0.250 e. The largest absolute Gasteiger partial charge is 0.547 e. The highest BCUT2D eigenvalue weighted by atomic mass is 28.4. The van der Waals surface area contributed by atoms with Crippen molar-refractivity contribution in [3.63, 3.8) is 0 Å². The van der Waals surface area contributed by atoms with Gasteiger partial charge in [-0.1, -0.05) is 48.5 Å². The molecule has 4 nitrogen and oxygen atoms in total. The van der Waals surface area contributed by atoms with E-state index in [0.717, 1.165) is 32.1 Å². The van der Waals surface area contributed by atoms with Crippen LogP contribution in [-0.4, -0.2) is 41.7 Å².